The van der Waals surface area contributed by atoms with Crippen LogP contribution in [0, 0.1) is 6.92 Å². The van der Waals surface area contributed by atoms with Gasteiger partial charge in [0.2, 0.25) is 5.95 Å². The van der Waals surface area contributed by atoms with Gasteiger partial charge in [0.25, 0.3) is 0 Å². The fourth-order valence-corrected chi connectivity index (χ4v) is 4.49. The molecule has 0 unspecified atom stereocenters. The summed E-state index contributed by atoms with van der Waals surface area (Å²) in [6.07, 6.45) is 6.02. The molecule has 0 aliphatic carbocycles. The van der Waals surface area contributed by atoms with Crippen LogP contribution in [0.1, 0.15) is 30.0 Å². The van der Waals surface area contributed by atoms with Crippen molar-refractivity contribution in [1.82, 2.24) is 24.3 Å². The highest BCUT2D eigenvalue weighted by molar-refractivity contribution is 5.64. The highest BCUT2D eigenvalue weighted by Crippen LogP contribution is 2.32. The predicted molar refractivity (Wildman–Crippen MR) is 125 cm³/mol. The van der Waals surface area contributed by atoms with E-state index < -0.39 is 0 Å². The monoisotopic (exact) mass is 428 g/mol. The molecular formula is C25H28N6O. The fourth-order valence-electron chi connectivity index (χ4n) is 4.49. The molecule has 5 rings (SSSR count). The average Bonchev–Trinajstić information content (AvgIpc) is 3.45. The zero-order valence-corrected chi connectivity index (χ0v) is 18.8. The first-order valence-electron chi connectivity index (χ1n) is 11.0. The lowest BCUT2D eigenvalue weighted by molar-refractivity contribution is 0.413. The molecule has 1 fully saturated rings. The molecule has 2 aromatic carbocycles. The molecule has 7 nitrogen and oxygen atoms in total. The average molecular weight is 429 g/mol. The van der Waals surface area contributed by atoms with E-state index in [2.05, 4.69) is 40.2 Å². The molecule has 7 heteroatoms. The van der Waals surface area contributed by atoms with Crippen molar-refractivity contribution in [3.05, 3.63) is 72.3 Å². The van der Waals surface area contributed by atoms with E-state index in [0.29, 0.717) is 11.7 Å². The Morgan fingerprint density at radius 2 is 1.81 bits per heavy atom. The first-order chi connectivity index (χ1) is 15.6. The molecule has 0 saturated carbocycles. The molecule has 0 atom stereocenters. The van der Waals surface area contributed by atoms with Crippen LogP contribution in [-0.2, 0) is 7.05 Å². The van der Waals surface area contributed by atoms with E-state index in [1.165, 1.54) is 5.56 Å². The maximum Gasteiger partial charge on any atom is 0.224 e. The van der Waals surface area contributed by atoms with Gasteiger partial charge >= 0.3 is 0 Å². The summed E-state index contributed by atoms with van der Waals surface area (Å²) in [7, 11) is 3.65. The number of hydrogen-bond donors (Lipinski definition) is 0. The van der Waals surface area contributed by atoms with E-state index in [-0.39, 0.29) is 0 Å². The summed E-state index contributed by atoms with van der Waals surface area (Å²) < 4.78 is 9.51. The highest BCUT2D eigenvalue weighted by atomic mass is 16.5. The van der Waals surface area contributed by atoms with E-state index >= 15 is 0 Å². The largest absolute Gasteiger partial charge is 0.495 e. The van der Waals surface area contributed by atoms with Crippen molar-refractivity contribution in [2.24, 2.45) is 7.05 Å². The number of nitrogens with zero attached hydrogens (tertiary/aromatic N) is 6. The number of methoxy groups -OCH3 is 1. The maximum absolute atomic E-state index is 5.66. The van der Waals surface area contributed by atoms with Crippen molar-refractivity contribution < 1.29 is 4.74 Å². The predicted octanol–water partition coefficient (Wildman–Crippen LogP) is 4.37. The number of hydrogen-bond acceptors (Lipinski definition) is 5. The Morgan fingerprint density at radius 1 is 1.03 bits per heavy atom. The van der Waals surface area contributed by atoms with Crippen molar-refractivity contribution >= 4 is 5.95 Å². The van der Waals surface area contributed by atoms with Crippen LogP contribution in [0.3, 0.4) is 0 Å². The lowest BCUT2D eigenvalue weighted by atomic mass is 9.90. The van der Waals surface area contributed by atoms with Gasteiger partial charge in [-0.25, -0.2) is 9.67 Å². The van der Waals surface area contributed by atoms with Crippen molar-refractivity contribution in [2.45, 2.75) is 25.7 Å². The van der Waals surface area contributed by atoms with Crippen LogP contribution in [-0.4, -0.2) is 44.5 Å². The first kappa shape index (κ1) is 20.3. The van der Waals surface area contributed by atoms with Gasteiger partial charge in [-0.1, -0.05) is 30.3 Å². The number of aryl methyl sites for hydroxylation is 2. The molecule has 3 heterocycles. The fraction of sp³-hybridized carbons (Fsp3) is 0.320. The Kier molecular flexibility index (Phi) is 5.39. The SMILES string of the molecule is COc1cc(-c2nc(N3CCC(c4ccccc4)CC3)n(C)n2)ccc1-n1cnc(C)c1. The zero-order valence-electron chi connectivity index (χ0n) is 18.8. The molecule has 0 amide bonds. The van der Waals surface area contributed by atoms with E-state index in [4.69, 9.17) is 14.8 Å². The van der Waals surface area contributed by atoms with Gasteiger partial charge < -0.3 is 14.2 Å². The molecule has 4 aromatic rings. The zero-order chi connectivity index (χ0) is 22.1. The van der Waals surface area contributed by atoms with E-state index in [0.717, 1.165) is 54.6 Å². The van der Waals surface area contributed by atoms with Crippen LogP contribution >= 0.6 is 0 Å². The van der Waals surface area contributed by atoms with Crippen molar-refractivity contribution in [2.75, 3.05) is 25.1 Å². The number of benzene rings is 2. The molecule has 1 saturated heterocycles. The van der Waals surface area contributed by atoms with Crippen molar-refractivity contribution in [3.63, 3.8) is 0 Å². The third kappa shape index (κ3) is 3.86. The lowest BCUT2D eigenvalue weighted by Crippen LogP contribution is -2.34. The quantitative estimate of drug-likeness (QED) is 0.472. The third-order valence-electron chi connectivity index (χ3n) is 6.22. The van der Waals surface area contributed by atoms with Gasteiger partial charge in [0.15, 0.2) is 5.82 Å². The Balaban J connectivity index is 1.36. The van der Waals surface area contributed by atoms with Gasteiger partial charge in [-0.15, -0.1) is 5.10 Å². The van der Waals surface area contributed by atoms with Gasteiger partial charge in [0.05, 0.1) is 24.8 Å². The van der Waals surface area contributed by atoms with Crippen molar-refractivity contribution in [3.8, 4) is 22.8 Å². The van der Waals surface area contributed by atoms with Crippen LogP contribution in [0.5, 0.6) is 5.75 Å². The second kappa shape index (κ2) is 8.49. The number of anilines is 1. The number of aromatic nitrogens is 5. The lowest BCUT2D eigenvalue weighted by Gasteiger charge is -2.32. The number of rotatable bonds is 5. The third-order valence-corrected chi connectivity index (χ3v) is 6.22. The molecule has 1 aliphatic heterocycles. The van der Waals surface area contributed by atoms with Gasteiger partial charge in [-0.05, 0) is 49.4 Å². The summed E-state index contributed by atoms with van der Waals surface area (Å²) in [6.45, 7) is 3.93. The summed E-state index contributed by atoms with van der Waals surface area (Å²) in [5.74, 6) is 3.00. The maximum atomic E-state index is 5.66. The minimum atomic E-state index is 0.615. The van der Waals surface area contributed by atoms with Crippen LogP contribution in [0.15, 0.2) is 61.1 Å². The summed E-state index contributed by atoms with van der Waals surface area (Å²) in [6, 6.07) is 16.9. The normalized spacial score (nSPS) is 14.7. The van der Waals surface area contributed by atoms with Gasteiger partial charge in [0.1, 0.15) is 5.75 Å². The second-order valence-electron chi connectivity index (χ2n) is 8.34. The topological polar surface area (TPSA) is 61.0 Å². The summed E-state index contributed by atoms with van der Waals surface area (Å²) in [5, 5.41) is 4.70. The minimum absolute atomic E-state index is 0.615. The number of imidazole rings is 1. The first-order valence-corrected chi connectivity index (χ1v) is 11.0. The smallest absolute Gasteiger partial charge is 0.224 e. The number of piperidine rings is 1. The highest BCUT2D eigenvalue weighted by Gasteiger charge is 2.24. The van der Waals surface area contributed by atoms with Crippen LogP contribution in [0.2, 0.25) is 0 Å². The molecule has 0 N–H and O–H groups in total. The van der Waals surface area contributed by atoms with Gasteiger partial charge in [0, 0.05) is 31.9 Å². The van der Waals surface area contributed by atoms with Gasteiger partial charge in [-0.3, -0.25) is 0 Å². The molecule has 1 aliphatic rings. The van der Waals surface area contributed by atoms with E-state index in [1.807, 2.05) is 47.6 Å². The molecule has 0 bridgehead atoms. The summed E-state index contributed by atoms with van der Waals surface area (Å²) >= 11 is 0. The molecule has 164 valence electrons. The number of ether oxygens (including phenoxy) is 1. The molecule has 0 radical (unpaired) electrons. The molecular weight excluding hydrogens is 400 g/mol. The van der Waals surface area contributed by atoms with Crippen molar-refractivity contribution in [1.29, 1.82) is 0 Å². The standard InChI is InChI=1S/C25H28N6O/c1-18-16-31(17-26-18)22-10-9-21(15-23(22)32-3)24-27-25(29(2)28-24)30-13-11-20(12-14-30)19-7-5-4-6-8-19/h4-10,15-17,20H,11-14H2,1-3H3. The Labute approximate surface area is 188 Å². The van der Waals surface area contributed by atoms with E-state index in [9.17, 15) is 0 Å². The summed E-state index contributed by atoms with van der Waals surface area (Å²) in [5.41, 5.74) is 4.27. The van der Waals surface area contributed by atoms with Crippen LogP contribution in [0.4, 0.5) is 5.95 Å². The van der Waals surface area contributed by atoms with Crippen LogP contribution < -0.4 is 9.64 Å². The Hall–Kier alpha value is -3.61. The molecule has 2 aromatic heterocycles. The van der Waals surface area contributed by atoms with Crippen LogP contribution in [0.25, 0.3) is 17.1 Å². The Morgan fingerprint density at radius 3 is 2.50 bits per heavy atom. The second-order valence-corrected chi connectivity index (χ2v) is 8.34. The molecule has 32 heavy (non-hydrogen) atoms. The molecule has 0 spiro atoms. The Bertz CT molecular complexity index is 1200. The minimum Gasteiger partial charge on any atom is -0.495 e. The van der Waals surface area contributed by atoms with E-state index in [1.54, 1.807) is 13.4 Å². The van der Waals surface area contributed by atoms with Gasteiger partial charge in [-0.2, -0.15) is 4.98 Å². The summed E-state index contributed by atoms with van der Waals surface area (Å²) in [4.78, 5) is 11.5.